The number of likely N-dealkylation sites (N-methyl/N-ethyl adjacent to an activating group) is 1. The van der Waals surface area contributed by atoms with Crippen molar-refractivity contribution in [1.82, 2.24) is 10.2 Å². The Morgan fingerprint density at radius 3 is 2.83 bits per heavy atom. The van der Waals surface area contributed by atoms with Gasteiger partial charge in [0.2, 0.25) is 0 Å². The Kier molecular flexibility index (Phi) is 5.19. The van der Waals surface area contributed by atoms with Crippen molar-refractivity contribution in [3.63, 3.8) is 0 Å². The average molecular weight is 420 g/mol. The van der Waals surface area contributed by atoms with E-state index in [1.165, 1.54) is 10.4 Å². The minimum atomic E-state index is -0.257. The summed E-state index contributed by atoms with van der Waals surface area (Å²) in [6, 6.07) is 18.0. The lowest BCUT2D eigenvalue weighted by molar-refractivity contribution is 0.0934. The van der Waals surface area contributed by atoms with E-state index in [1.807, 2.05) is 54.6 Å². The zero-order valence-electron chi connectivity index (χ0n) is 17.0. The number of benzene rings is 2. The van der Waals surface area contributed by atoms with Gasteiger partial charge in [0.25, 0.3) is 5.91 Å². The third-order valence-corrected chi connectivity index (χ3v) is 6.95. The fourth-order valence-electron chi connectivity index (χ4n) is 4.13. The molecule has 5 rings (SSSR count). The summed E-state index contributed by atoms with van der Waals surface area (Å²) in [5.74, 6) is 0.814. The van der Waals surface area contributed by atoms with Gasteiger partial charge >= 0.3 is 0 Å². The molecule has 0 bridgehead atoms. The van der Waals surface area contributed by atoms with Crippen LogP contribution in [0.3, 0.4) is 0 Å². The second-order valence-electron chi connectivity index (χ2n) is 7.72. The Morgan fingerprint density at radius 1 is 1.13 bits per heavy atom. The number of thiophene rings is 1. The number of amides is 1. The highest BCUT2D eigenvalue weighted by Gasteiger charge is 2.33. The normalized spacial score (nSPS) is 18.2. The third-order valence-electron chi connectivity index (χ3n) is 5.80. The molecule has 2 N–H and O–H groups in total. The molecule has 3 heterocycles. The molecule has 2 aromatic carbocycles. The largest absolute Gasteiger partial charge is 0.489 e. The average Bonchev–Trinajstić information content (AvgIpc) is 3.16. The van der Waals surface area contributed by atoms with Gasteiger partial charge in [-0.2, -0.15) is 0 Å². The van der Waals surface area contributed by atoms with Crippen molar-refractivity contribution in [2.75, 3.05) is 18.4 Å². The molecule has 2 aliphatic heterocycles. The molecule has 30 heavy (non-hydrogen) atoms. The molecule has 1 unspecified atom stereocenters. The summed E-state index contributed by atoms with van der Waals surface area (Å²) in [7, 11) is 0. The molecule has 2 aliphatic rings. The molecule has 0 saturated heterocycles. The van der Waals surface area contributed by atoms with E-state index in [0.717, 1.165) is 53.5 Å². The SMILES string of the molecule is CCN1CCc2c(sc3c2C(=O)NC(c2cccc(OCc4ccccc4)c2)N3)C1. The Morgan fingerprint density at radius 2 is 2.00 bits per heavy atom. The van der Waals surface area contributed by atoms with Crippen molar-refractivity contribution in [2.45, 2.75) is 32.7 Å². The molecule has 5 nitrogen and oxygen atoms in total. The molecule has 6 heteroatoms. The first kappa shape index (κ1) is 19.2. The second kappa shape index (κ2) is 8.13. The lowest BCUT2D eigenvalue weighted by Crippen LogP contribution is -2.38. The summed E-state index contributed by atoms with van der Waals surface area (Å²) in [6.45, 7) is 5.70. The molecule has 154 valence electrons. The van der Waals surface area contributed by atoms with Crippen molar-refractivity contribution in [2.24, 2.45) is 0 Å². The van der Waals surface area contributed by atoms with Crippen LogP contribution in [0.2, 0.25) is 0 Å². The summed E-state index contributed by atoms with van der Waals surface area (Å²) in [5, 5.41) is 7.67. The maximum Gasteiger partial charge on any atom is 0.256 e. The van der Waals surface area contributed by atoms with Crippen LogP contribution in [0.5, 0.6) is 5.75 Å². The minimum Gasteiger partial charge on any atom is -0.489 e. The number of carbonyl (C=O) groups excluding carboxylic acids is 1. The van der Waals surface area contributed by atoms with E-state index in [2.05, 4.69) is 22.5 Å². The monoisotopic (exact) mass is 419 g/mol. The Hall–Kier alpha value is -2.83. The highest BCUT2D eigenvalue weighted by molar-refractivity contribution is 7.16. The van der Waals surface area contributed by atoms with E-state index in [9.17, 15) is 4.79 Å². The highest BCUT2D eigenvalue weighted by Crippen LogP contribution is 2.40. The van der Waals surface area contributed by atoms with Gasteiger partial charge in [-0.3, -0.25) is 9.69 Å². The van der Waals surface area contributed by atoms with Gasteiger partial charge in [-0.25, -0.2) is 0 Å². The van der Waals surface area contributed by atoms with Crippen LogP contribution in [0.15, 0.2) is 54.6 Å². The summed E-state index contributed by atoms with van der Waals surface area (Å²) in [6.07, 6.45) is 0.685. The van der Waals surface area contributed by atoms with Crippen LogP contribution in [0.25, 0.3) is 0 Å². The van der Waals surface area contributed by atoms with Crippen LogP contribution < -0.4 is 15.4 Å². The van der Waals surface area contributed by atoms with Gasteiger partial charge in [0, 0.05) is 18.0 Å². The predicted octanol–water partition coefficient (Wildman–Crippen LogP) is 4.56. The van der Waals surface area contributed by atoms with Crippen LogP contribution in [-0.2, 0) is 19.6 Å². The highest BCUT2D eigenvalue weighted by atomic mass is 32.1. The number of anilines is 1. The maximum absolute atomic E-state index is 13.0. The van der Waals surface area contributed by atoms with Gasteiger partial charge in [0.05, 0.1) is 5.56 Å². The molecular formula is C24H25N3O2S. The number of nitrogens with zero attached hydrogens (tertiary/aromatic N) is 1. The van der Waals surface area contributed by atoms with E-state index in [-0.39, 0.29) is 12.1 Å². The maximum atomic E-state index is 13.0. The lowest BCUT2D eigenvalue weighted by atomic mass is 10.0. The smallest absolute Gasteiger partial charge is 0.256 e. The minimum absolute atomic E-state index is 0.0202. The third kappa shape index (κ3) is 3.68. The van der Waals surface area contributed by atoms with E-state index in [4.69, 9.17) is 4.74 Å². The van der Waals surface area contributed by atoms with Crippen molar-refractivity contribution < 1.29 is 9.53 Å². The molecule has 0 spiro atoms. The lowest BCUT2D eigenvalue weighted by Gasteiger charge is -2.28. The Bertz CT molecular complexity index is 1060. The summed E-state index contributed by atoms with van der Waals surface area (Å²) in [5.41, 5.74) is 4.18. The molecule has 1 amide bonds. The number of hydrogen-bond acceptors (Lipinski definition) is 5. The number of ether oxygens (including phenoxy) is 1. The topological polar surface area (TPSA) is 53.6 Å². The van der Waals surface area contributed by atoms with Gasteiger partial charge in [0.15, 0.2) is 0 Å². The van der Waals surface area contributed by atoms with Gasteiger partial charge in [0.1, 0.15) is 23.5 Å². The molecule has 1 aromatic heterocycles. The first-order valence-electron chi connectivity index (χ1n) is 10.4. The van der Waals surface area contributed by atoms with E-state index < -0.39 is 0 Å². The van der Waals surface area contributed by atoms with Crippen molar-refractivity contribution in [3.05, 3.63) is 81.7 Å². The van der Waals surface area contributed by atoms with Gasteiger partial charge < -0.3 is 15.4 Å². The van der Waals surface area contributed by atoms with Crippen molar-refractivity contribution >= 4 is 22.2 Å². The van der Waals surface area contributed by atoms with Crippen LogP contribution in [-0.4, -0.2) is 23.9 Å². The summed E-state index contributed by atoms with van der Waals surface area (Å²) < 4.78 is 5.97. The molecule has 0 aliphatic carbocycles. The number of fused-ring (bicyclic) bond motifs is 3. The van der Waals surface area contributed by atoms with Crippen LogP contribution in [0, 0.1) is 0 Å². The molecule has 0 radical (unpaired) electrons. The first-order valence-corrected chi connectivity index (χ1v) is 11.2. The second-order valence-corrected chi connectivity index (χ2v) is 8.83. The van der Waals surface area contributed by atoms with Gasteiger partial charge in [-0.1, -0.05) is 49.4 Å². The molecule has 1 atom stereocenters. The summed E-state index contributed by atoms with van der Waals surface area (Å²) >= 11 is 1.73. The fraction of sp³-hybridized carbons (Fsp3) is 0.292. The number of hydrogen-bond donors (Lipinski definition) is 2. The van der Waals surface area contributed by atoms with Crippen LogP contribution in [0.4, 0.5) is 5.00 Å². The van der Waals surface area contributed by atoms with Crippen LogP contribution >= 0.6 is 11.3 Å². The zero-order valence-corrected chi connectivity index (χ0v) is 17.8. The fourth-order valence-corrected chi connectivity index (χ4v) is 5.45. The molecule has 0 saturated carbocycles. The first-order chi connectivity index (χ1) is 14.7. The zero-order chi connectivity index (χ0) is 20.5. The standard InChI is InChI=1S/C24H25N3O2S/c1-2-27-12-11-19-20(14-27)30-24-21(19)23(28)25-22(26-24)17-9-6-10-18(13-17)29-15-16-7-4-3-5-8-16/h3-10,13,22,26H,2,11-12,14-15H2,1H3,(H,25,28). The molecular weight excluding hydrogens is 394 g/mol. The van der Waals surface area contributed by atoms with Gasteiger partial charge in [-0.15, -0.1) is 11.3 Å². The van der Waals surface area contributed by atoms with Crippen molar-refractivity contribution in [1.29, 1.82) is 0 Å². The van der Waals surface area contributed by atoms with E-state index in [1.54, 1.807) is 11.3 Å². The van der Waals surface area contributed by atoms with E-state index >= 15 is 0 Å². The van der Waals surface area contributed by atoms with Gasteiger partial charge in [-0.05, 0) is 41.8 Å². The Labute approximate surface area is 180 Å². The number of carbonyl (C=O) groups is 1. The quantitative estimate of drug-likeness (QED) is 0.637. The molecule has 3 aromatic rings. The van der Waals surface area contributed by atoms with Crippen molar-refractivity contribution in [3.8, 4) is 5.75 Å². The number of nitrogens with one attached hydrogen (secondary N) is 2. The molecule has 0 fully saturated rings. The predicted molar refractivity (Wildman–Crippen MR) is 120 cm³/mol. The number of rotatable bonds is 5. The summed E-state index contributed by atoms with van der Waals surface area (Å²) in [4.78, 5) is 16.7. The van der Waals surface area contributed by atoms with Crippen LogP contribution in [0.1, 0.15) is 45.0 Å². The Balaban J connectivity index is 1.34. The van der Waals surface area contributed by atoms with E-state index in [0.29, 0.717) is 6.61 Å².